The normalized spacial score (nSPS) is 23.5. The van der Waals surface area contributed by atoms with E-state index in [1.807, 2.05) is 0 Å². The number of rotatable bonds is 9. The van der Waals surface area contributed by atoms with Gasteiger partial charge >= 0.3 is 0 Å². The Kier molecular flexibility index (Phi) is 6.66. The topological polar surface area (TPSA) is 50.8 Å². The van der Waals surface area contributed by atoms with Crippen molar-refractivity contribution in [1.29, 1.82) is 0 Å². The molecule has 1 amide bonds. The molecule has 1 N–H and O–H groups in total. The molecule has 1 aliphatic heterocycles. The molecular weight excluding hydrogens is 430 g/mol. The van der Waals surface area contributed by atoms with Crippen LogP contribution in [0.3, 0.4) is 0 Å². The average Bonchev–Trinajstić information content (AvgIpc) is 3.16. The van der Waals surface area contributed by atoms with Crippen LogP contribution in [0.25, 0.3) is 0 Å². The monoisotopic (exact) mass is 452 g/mol. The highest BCUT2D eigenvalue weighted by molar-refractivity contribution is 6.30. The number of amides is 1. The van der Waals surface area contributed by atoms with Crippen molar-refractivity contribution in [1.82, 2.24) is 10.2 Å². The molecule has 1 aliphatic carbocycles. The van der Waals surface area contributed by atoms with E-state index in [0.717, 1.165) is 13.1 Å². The number of likely N-dealkylation sites (tertiary alicyclic amines) is 1. The second-order valence-electron chi connectivity index (χ2n) is 7.74. The van der Waals surface area contributed by atoms with Gasteiger partial charge in [0.25, 0.3) is 5.91 Å². The summed E-state index contributed by atoms with van der Waals surface area (Å²) in [6, 6.07) is 13.9. The zero-order valence-corrected chi connectivity index (χ0v) is 17.8. The average molecular weight is 453 g/mol. The number of carbonyl (C=O) groups is 1. The van der Waals surface area contributed by atoms with Crippen molar-refractivity contribution in [2.75, 3.05) is 32.8 Å². The predicted molar refractivity (Wildman–Crippen MR) is 114 cm³/mol. The minimum atomic E-state index is -1.07. The molecule has 2 fully saturated rings. The lowest BCUT2D eigenvalue weighted by molar-refractivity contribution is -0.123. The van der Waals surface area contributed by atoms with Gasteiger partial charge in [-0.05, 0) is 60.4 Å². The third-order valence-corrected chi connectivity index (χ3v) is 5.99. The van der Waals surface area contributed by atoms with Crippen molar-refractivity contribution >= 4 is 29.1 Å². The highest BCUT2D eigenvalue weighted by Crippen LogP contribution is 2.45. The molecule has 0 radical (unpaired) electrons. The number of nitrogens with one attached hydrogen (secondary N) is 1. The predicted octanol–water partition coefficient (Wildman–Crippen LogP) is 3.84. The van der Waals surface area contributed by atoms with Gasteiger partial charge in [-0.1, -0.05) is 23.2 Å². The fourth-order valence-corrected chi connectivity index (χ4v) is 4.19. The van der Waals surface area contributed by atoms with Crippen LogP contribution in [-0.4, -0.2) is 55.9 Å². The van der Waals surface area contributed by atoms with Crippen molar-refractivity contribution < 1.29 is 18.7 Å². The van der Waals surface area contributed by atoms with Crippen LogP contribution in [0.15, 0.2) is 48.5 Å². The maximum atomic E-state index is 14.3. The standard InChI is InChI=1S/C22H23Cl2FN2O3/c23-14-1-5-17(6-2-14)29-12-16(25)9-27-10-19-20(11-27)22(19)26-21(28)13-30-18-7-3-15(24)4-8-18/h1-8,16,19-20,22H,9-13H2,(H,26,28)/t16?,19-,20+,22?. The van der Waals surface area contributed by atoms with Crippen molar-refractivity contribution in [2.45, 2.75) is 12.2 Å². The Morgan fingerprint density at radius 3 is 2.10 bits per heavy atom. The molecule has 4 rings (SSSR count). The number of ether oxygens (including phenoxy) is 2. The minimum absolute atomic E-state index is 0.00959. The number of piperidine rings is 1. The Bertz CT molecular complexity index is 854. The summed E-state index contributed by atoms with van der Waals surface area (Å²) in [6.45, 7) is 1.89. The number of alkyl halides is 1. The summed E-state index contributed by atoms with van der Waals surface area (Å²) in [4.78, 5) is 14.2. The van der Waals surface area contributed by atoms with E-state index in [2.05, 4.69) is 10.2 Å². The molecule has 1 saturated heterocycles. The maximum Gasteiger partial charge on any atom is 0.258 e. The van der Waals surface area contributed by atoms with Gasteiger partial charge in [-0.25, -0.2) is 4.39 Å². The lowest BCUT2D eigenvalue weighted by Crippen LogP contribution is -2.39. The van der Waals surface area contributed by atoms with Crippen LogP contribution in [0.2, 0.25) is 10.0 Å². The summed E-state index contributed by atoms with van der Waals surface area (Å²) < 4.78 is 25.2. The molecular formula is C22H23Cl2FN2O3. The van der Waals surface area contributed by atoms with Crippen molar-refractivity contribution in [3.05, 3.63) is 58.6 Å². The first kappa shape index (κ1) is 21.2. The number of hydrogen-bond acceptors (Lipinski definition) is 4. The Hall–Kier alpha value is -2.02. The first-order valence-electron chi connectivity index (χ1n) is 9.90. The highest BCUT2D eigenvalue weighted by atomic mass is 35.5. The van der Waals surface area contributed by atoms with Gasteiger partial charge in [-0.15, -0.1) is 0 Å². The minimum Gasteiger partial charge on any atom is -0.491 e. The molecule has 5 nitrogen and oxygen atoms in total. The number of fused-ring (bicyclic) bond motifs is 1. The van der Waals surface area contributed by atoms with Crippen LogP contribution in [0.4, 0.5) is 4.39 Å². The molecule has 0 aromatic heterocycles. The van der Waals surface area contributed by atoms with Gasteiger partial charge in [0.15, 0.2) is 6.61 Å². The van der Waals surface area contributed by atoms with Crippen molar-refractivity contribution in [2.24, 2.45) is 11.8 Å². The molecule has 1 heterocycles. The molecule has 160 valence electrons. The Balaban J connectivity index is 1.12. The summed E-state index contributed by atoms with van der Waals surface area (Å²) >= 11 is 11.7. The van der Waals surface area contributed by atoms with E-state index in [-0.39, 0.29) is 25.2 Å². The molecule has 2 aliphatic rings. The molecule has 1 saturated carbocycles. The largest absolute Gasteiger partial charge is 0.491 e. The van der Waals surface area contributed by atoms with Crippen molar-refractivity contribution in [3.63, 3.8) is 0 Å². The molecule has 0 spiro atoms. The fraction of sp³-hybridized carbons (Fsp3) is 0.409. The van der Waals surface area contributed by atoms with Crippen LogP contribution in [0.1, 0.15) is 0 Å². The van der Waals surface area contributed by atoms with E-state index in [9.17, 15) is 9.18 Å². The number of benzene rings is 2. The van der Waals surface area contributed by atoms with Gasteiger partial charge in [0, 0.05) is 35.7 Å². The maximum absolute atomic E-state index is 14.3. The first-order chi connectivity index (χ1) is 14.5. The molecule has 2 aromatic rings. The van der Waals surface area contributed by atoms with Gasteiger partial charge < -0.3 is 14.8 Å². The molecule has 8 heteroatoms. The number of carbonyl (C=O) groups excluding carboxylic acids is 1. The zero-order chi connectivity index (χ0) is 21.1. The van der Waals surface area contributed by atoms with Gasteiger partial charge in [0.1, 0.15) is 24.3 Å². The third kappa shape index (κ3) is 5.56. The SMILES string of the molecule is O=C(COc1ccc(Cl)cc1)NC1[C@H]2CN(CC(F)COc3ccc(Cl)cc3)C[C@@H]12. The van der Waals surface area contributed by atoms with E-state index in [0.29, 0.717) is 39.9 Å². The second-order valence-corrected chi connectivity index (χ2v) is 8.62. The Morgan fingerprint density at radius 2 is 1.53 bits per heavy atom. The summed E-state index contributed by atoms with van der Waals surface area (Å²) in [6.07, 6.45) is -1.07. The smallest absolute Gasteiger partial charge is 0.258 e. The van der Waals surface area contributed by atoms with E-state index in [1.165, 1.54) is 0 Å². The Morgan fingerprint density at radius 1 is 1.00 bits per heavy atom. The van der Waals surface area contributed by atoms with E-state index >= 15 is 0 Å². The number of nitrogens with zero attached hydrogens (tertiary/aromatic N) is 1. The number of hydrogen-bond donors (Lipinski definition) is 1. The van der Waals surface area contributed by atoms with E-state index in [1.54, 1.807) is 48.5 Å². The first-order valence-corrected chi connectivity index (χ1v) is 10.7. The van der Waals surface area contributed by atoms with Gasteiger partial charge in [-0.2, -0.15) is 0 Å². The van der Waals surface area contributed by atoms with Gasteiger partial charge in [-0.3, -0.25) is 9.69 Å². The molecule has 0 bridgehead atoms. The van der Waals surface area contributed by atoms with Crippen molar-refractivity contribution in [3.8, 4) is 11.5 Å². The Labute approximate surface area is 185 Å². The highest BCUT2D eigenvalue weighted by Gasteiger charge is 2.56. The molecule has 30 heavy (non-hydrogen) atoms. The van der Waals surface area contributed by atoms with Gasteiger partial charge in [0.05, 0.1) is 0 Å². The second kappa shape index (κ2) is 9.41. The summed E-state index contributed by atoms with van der Waals surface area (Å²) in [5.74, 6) is 1.83. The van der Waals surface area contributed by atoms with Gasteiger partial charge in [0.2, 0.25) is 0 Å². The summed E-state index contributed by atoms with van der Waals surface area (Å²) in [5, 5.41) is 4.26. The van der Waals surface area contributed by atoms with Crippen LogP contribution in [0, 0.1) is 11.8 Å². The zero-order valence-electron chi connectivity index (χ0n) is 16.3. The van der Waals surface area contributed by atoms with E-state index < -0.39 is 6.17 Å². The third-order valence-electron chi connectivity index (χ3n) is 5.48. The summed E-state index contributed by atoms with van der Waals surface area (Å²) in [5.41, 5.74) is 0. The quantitative estimate of drug-likeness (QED) is 0.627. The number of halogens is 3. The summed E-state index contributed by atoms with van der Waals surface area (Å²) in [7, 11) is 0. The lowest BCUT2D eigenvalue weighted by atomic mass is 10.3. The van der Waals surface area contributed by atoms with Crippen LogP contribution in [-0.2, 0) is 4.79 Å². The lowest BCUT2D eigenvalue weighted by Gasteiger charge is -2.22. The molecule has 4 atom stereocenters. The van der Waals surface area contributed by atoms with Crippen LogP contribution >= 0.6 is 23.2 Å². The van der Waals surface area contributed by atoms with Crippen LogP contribution in [0.5, 0.6) is 11.5 Å². The molecule has 2 unspecified atom stereocenters. The van der Waals surface area contributed by atoms with E-state index in [4.69, 9.17) is 32.7 Å². The fourth-order valence-electron chi connectivity index (χ4n) is 3.93. The molecule has 2 aromatic carbocycles. The van der Waals surface area contributed by atoms with Crippen LogP contribution < -0.4 is 14.8 Å².